The Morgan fingerprint density at radius 3 is 2.64 bits per heavy atom. The van der Waals surface area contributed by atoms with Gasteiger partial charge in [0.25, 0.3) is 0 Å². The van der Waals surface area contributed by atoms with Crippen LogP contribution in [-0.4, -0.2) is 45.7 Å². The highest BCUT2D eigenvalue weighted by Crippen LogP contribution is 2.28. The molecule has 3 aromatic heterocycles. The molecule has 0 spiro atoms. The lowest BCUT2D eigenvalue weighted by Gasteiger charge is -2.01. The Bertz CT molecular complexity index is 1040. The molecule has 0 fully saturated rings. The van der Waals surface area contributed by atoms with Gasteiger partial charge >= 0.3 is 5.69 Å². The van der Waals surface area contributed by atoms with Gasteiger partial charge in [0.1, 0.15) is 17.9 Å². The molecular weight excluding hydrogens is 392 g/mol. The number of pyridine rings is 1. The number of rotatable bonds is 7. The summed E-state index contributed by atoms with van der Waals surface area (Å²) in [6.45, 7) is 1.46. The van der Waals surface area contributed by atoms with Gasteiger partial charge in [-0.15, -0.1) is 5.10 Å². The van der Waals surface area contributed by atoms with Crippen LogP contribution < -0.4 is 9.88 Å². The Labute approximate surface area is 161 Å². The Morgan fingerprint density at radius 1 is 1.36 bits per heavy atom. The first-order valence-corrected chi connectivity index (χ1v) is 9.42. The number of nitro groups is 1. The van der Waals surface area contributed by atoms with Gasteiger partial charge < -0.3 is 9.87 Å². The molecular formula is C15H20N6O6S. The molecule has 0 amide bonds. The van der Waals surface area contributed by atoms with Crippen LogP contribution in [0.25, 0.3) is 5.52 Å². The third-order valence-corrected chi connectivity index (χ3v) is 4.02. The smallest absolute Gasteiger partial charge is 0.338 e. The zero-order chi connectivity index (χ0) is 20.7. The van der Waals surface area contributed by atoms with E-state index in [1.165, 1.54) is 4.52 Å². The summed E-state index contributed by atoms with van der Waals surface area (Å²) < 4.78 is 36.6. The van der Waals surface area contributed by atoms with Crippen LogP contribution in [0.3, 0.4) is 0 Å². The Morgan fingerprint density at radius 2 is 2.07 bits per heavy atom. The van der Waals surface area contributed by atoms with Crippen LogP contribution in [-0.2, 0) is 28.2 Å². The van der Waals surface area contributed by atoms with E-state index in [-0.39, 0.29) is 5.69 Å². The largest absolute Gasteiger partial charge is 0.726 e. The van der Waals surface area contributed by atoms with Crippen molar-refractivity contribution in [1.29, 1.82) is 0 Å². The van der Waals surface area contributed by atoms with E-state index in [0.717, 1.165) is 20.1 Å². The normalized spacial score (nSPS) is 11.1. The molecule has 0 aliphatic rings. The van der Waals surface area contributed by atoms with Crippen molar-refractivity contribution >= 4 is 27.4 Å². The number of aromatic nitrogens is 4. The van der Waals surface area contributed by atoms with Crippen molar-refractivity contribution in [2.75, 3.05) is 19.0 Å². The van der Waals surface area contributed by atoms with E-state index in [0.29, 0.717) is 17.9 Å². The summed E-state index contributed by atoms with van der Waals surface area (Å²) in [5.74, 6) is 0.314. The molecule has 0 aliphatic heterocycles. The van der Waals surface area contributed by atoms with Gasteiger partial charge in [0, 0.05) is 19.2 Å². The Balaban J connectivity index is 0.000000409. The fourth-order valence-corrected chi connectivity index (χ4v) is 2.39. The van der Waals surface area contributed by atoms with Gasteiger partial charge in [-0.2, -0.15) is 0 Å². The molecule has 0 bridgehead atoms. The number of fused-ring (bicyclic) bond motifs is 1. The highest BCUT2D eigenvalue weighted by molar-refractivity contribution is 7.80. The molecule has 3 rings (SSSR count). The number of imidazole rings is 1. The first-order chi connectivity index (χ1) is 13.2. The zero-order valence-electron chi connectivity index (χ0n) is 15.3. The van der Waals surface area contributed by atoms with Crippen molar-refractivity contribution in [2.24, 2.45) is 7.05 Å². The van der Waals surface area contributed by atoms with Crippen molar-refractivity contribution in [3.8, 4) is 0 Å². The second kappa shape index (κ2) is 9.25. The topological polar surface area (TPSA) is 148 Å². The van der Waals surface area contributed by atoms with Gasteiger partial charge in [0.15, 0.2) is 0 Å². The molecule has 0 unspecified atom stereocenters. The summed E-state index contributed by atoms with van der Waals surface area (Å²) in [5.41, 5.74) is 0.514. The maximum Gasteiger partial charge on any atom is 0.338 e. The van der Waals surface area contributed by atoms with E-state index in [1.54, 1.807) is 24.4 Å². The SMILES string of the molecule is COS(=O)(=O)[O-].C[n+]1ccn(CCCNc2nn3ccccc3c2[N+](=O)[O-])c1. The first kappa shape index (κ1) is 21.3. The fraction of sp³-hybridized carbons (Fsp3) is 0.333. The van der Waals surface area contributed by atoms with Crippen LogP contribution in [0.4, 0.5) is 11.5 Å². The number of nitrogens with one attached hydrogen (secondary N) is 1. The molecule has 12 nitrogen and oxygen atoms in total. The molecule has 3 heterocycles. The average Bonchev–Trinajstić information content (AvgIpc) is 3.21. The predicted molar refractivity (Wildman–Crippen MR) is 97.3 cm³/mol. The molecule has 13 heteroatoms. The van der Waals surface area contributed by atoms with Crippen molar-refractivity contribution in [3.05, 3.63) is 53.2 Å². The Hall–Kier alpha value is -3.03. The molecule has 0 radical (unpaired) electrons. The number of anilines is 1. The standard InChI is InChI=1S/C14H17N6O2.CH4O4S/c1-17-9-10-18(11-17)7-4-6-15-14-13(20(21)22)12-5-2-3-8-19(12)16-14;1-5-6(2,3)4/h2-3,5,8-11H,4,6-7H2,1H3,(H,15,16);1H3,(H,2,3,4)/q+1;/p-1. The molecule has 3 aromatic rings. The second-order valence-electron chi connectivity index (χ2n) is 5.66. The molecule has 28 heavy (non-hydrogen) atoms. The van der Waals surface area contributed by atoms with Crippen molar-refractivity contribution in [2.45, 2.75) is 13.0 Å². The highest BCUT2D eigenvalue weighted by atomic mass is 32.3. The number of nitrogens with zero attached hydrogens (tertiary/aromatic N) is 5. The Kier molecular flexibility index (Phi) is 7.03. The van der Waals surface area contributed by atoms with E-state index in [4.69, 9.17) is 0 Å². The fourth-order valence-electron chi connectivity index (χ4n) is 2.39. The van der Waals surface area contributed by atoms with Crippen LogP contribution in [0.15, 0.2) is 43.1 Å². The number of hydrogen-bond donors (Lipinski definition) is 1. The molecule has 0 aromatic carbocycles. The zero-order valence-corrected chi connectivity index (χ0v) is 16.1. The summed E-state index contributed by atoms with van der Waals surface area (Å²) in [6, 6.07) is 5.25. The highest BCUT2D eigenvalue weighted by Gasteiger charge is 2.22. The van der Waals surface area contributed by atoms with E-state index < -0.39 is 15.3 Å². The number of aryl methyl sites for hydroxylation is 2. The minimum Gasteiger partial charge on any atom is -0.726 e. The van der Waals surface area contributed by atoms with E-state index in [9.17, 15) is 23.1 Å². The summed E-state index contributed by atoms with van der Waals surface area (Å²) in [5, 5.41) is 18.6. The maximum absolute atomic E-state index is 11.3. The third-order valence-electron chi connectivity index (χ3n) is 3.61. The molecule has 0 atom stereocenters. The van der Waals surface area contributed by atoms with Crippen LogP contribution in [0.2, 0.25) is 0 Å². The minimum atomic E-state index is -4.41. The lowest BCUT2D eigenvalue weighted by molar-refractivity contribution is -0.671. The molecule has 0 saturated carbocycles. The molecule has 1 N–H and O–H groups in total. The van der Waals surface area contributed by atoms with Gasteiger partial charge in [-0.3, -0.25) is 14.3 Å². The molecule has 0 aliphatic carbocycles. The third kappa shape index (κ3) is 6.00. The predicted octanol–water partition coefficient (Wildman–Crippen LogP) is 0.464. The monoisotopic (exact) mass is 412 g/mol. The van der Waals surface area contributed by atoms with Gasteiger partial charge in [-0.1, -0.05) is 6.07 Å². The van der Waals surface area contributed by atoms with E-state index >= 15 is 0 Å². The minimum absolute atomic E-state index is 0.0213. The quantitative estimate of drug-likeness (QED) is 0.147. The van der Waals surface area contributed by atoms with Gasteiger partial charge in [0.2, 0.25) is 22.5 Å². The lowest BCUT2D eigenvalue weighted by Crippen LogP contribution is -2.23. The summed E-state index contributed by atoms with van der Waals surface area (Å²) >= 11 is 0. The van der Waals surface area contributed by atoms with Gasteiger partial charge in [-0.25, -0.2) is 22.1 Å². The van der Waals surface area contributed by atoms with Crippen molar-refractivity contribution < 1.29 is 26.6 Å². The van der Waals surface area contributed by atoms with E-state index in [2.05, 4.69) is 19.2 Å². The average molecular weight is 412 g/mol. The van der Waals surface area contributed by atoms with Crippen LogP contribution in [0.1, 0.15) is 6.42 Å². The van der Waals surface area contributed by atoms with Crippen LogP contribution in [0, 0.1) is 10.1 Å². The van der Waals surface area contributed by atoms with Gasteiger partial charge in [0.05, 0.1) is 25.6 Å². The first-order valence-electron chi connectivity index (χ1n) is 8.09. The molecule has 152 valence electrons. The summed E-state index contributed by atoms with van der Waals surface area (Å²) in [6.07, 6.45) is 8.51. The lowest BCUT2D eigenvalue weighted by atomic mass is 10.3. The van der Waals surface area contributed by atoms with Crippen molar-refractivity contribution in [1.82, 2.24) is 14.2 Å². The second-order valence-corrected chi connectivity index (χ2v) is 6.81. The van der Waals surface area contributed by atoms with Crippen molar-refractivity contribution in [3.63, 3.8) is 0 Å². The van der Waals surface area contributed by atoms with Crippen LogP contribution in [0.5, 0.6) is 0 Å². The molecule has 0 saturated heterocycles. The van der Waals surface area contributed by atoms with Crippen LogP contribution >= 0.6 is 0 Å². The maximum atomic E-state index is 11.3. The summed E-state index contributed by atoms with van der Waals surface area (Å²) in [4.78, 5) is 10.9. The number of hydrogen-bond acceptors (Lipinski definition) is 8. The van der Waals surface area contributed by atoms with E-state index in [1.807, 2.05) is 30.3 Å². The summed E-state index contributed by atoms with van der Waals surface area (Å²) in [7, 11) is -1.64. The van der Waals surface area contributed by atoms with Gasteiger partial charge in [-0.05, 0) is 12.1 Å².